The zero-order chi connectivity index (χ0) is 16.5. The van der Waals surface area contributed by atoms with Gasteiger partial charge in [0.15, 0.2) is 0 Å². The Labute approximate surface area is 131 Å². The topological polar surface area (TPSA) is 52.6 Å². The molecule has 0 bridgehead atoms. The van der Waals surface area contributed by atoms with Crippen molar-refractivity contribution in [3.8, 4) is 0 Å². The van der Waals surface area contributed by atoms with Crippen LogP contribution in [0.3, 0.4) is 0 Å². The number of hydrogen-bond acceptors (Lipinski definition) is 3. The van der Waals surface area contributed by atoms with E-state index in [0.29, 0.717) is 12.8 Å². The lowest BCUT2D eigenvalue weighted by atomic mass is 9.72. The number of rotatable bonds is 0. The first kappa shape index (κ1) is 14.8. The molecule has 1 aromatic rings. The molecule has 3 aliphatic rings. The summed E-state index contributed by atoms with van der Waals surface area (Å²) in [5.41, 5.74) is -2.94. The SMILES string of the molecule is O=C1N2Cc3ccccc3N[C@@]23CCCC[C@H]3[C@@]1(O)C(F)(F)F. The van der Waals surface area contributed by atoms with E-state index in [1.807, 2.05) is 12.1 Å². The third-order valence-electron chi connectivity index (χ3n) is 5.56. The summed E-state index contributed by atoms with van der Waals surface area (Å²) in [6, 6.07) is 7.18. The lowest BCUT2D eigenvalue weighted by molar-refractivity contribution is -0.265. The van der Waals surface area contributed by atoms with E-state index in [0.717, 1.165) is 17.7 Å². The molecule has 1 aliphatic carbocycles. The van der Waals surface area contributed by atoms with Crippen molar-refractivity contribution in [2.24, 2.45) is 5.92 Å². The molecule has 2 fully saturated rings. The molecule has 0 unspecified atom stereocenters. The van der Waals surface area contributed by atoms with Gasteiger partial charge in [-0.2, -0.15) is 13.2 Å². The van der Waals surface area contributed by atoms with Gasteiger partial charge in [0.1, 0.15) is 5.66 Å². The predicted octanol–water partition coefficient (Wildman–Crippen LogP) is 2.63. The minimum absolute atomic E-state index is 0.0941. The van der Waals surface area contributed by atoms with Crippen LogP contribution in [-0.2, 0) is 11.3 Å². The van der Waals surface area contributed by atoms with Crippen LogP contribution in [0, 0.1) is 5.92 Å². The fraction of sp³-hybridized carbons (Fsp3) is 0.562. The summed E-state index contributed by atoms with van der Waals surface area (Å²) in [6.45, 7) is 0.0941. The molecule has 1 saturated heterocycles. The Kier molecular flexibility index (Phi) is 2.84. The van der Waals surface area contributed by atoms with E-state index in [1.54, 1.807) is 12.1 Å². The monoisotopic (exact) mass is 326 g/mol. The average Bonchev–Trinajstić information content (AvgIpc) is 2.71. The molecule has 3 atom stereocenters. The largest absolute Gasteiger partial charge is 0.426 e. The molecule has 4 rings (SSSR count). The number of hydrogen-bond donors (Lipinski definition) is 2. The summed E-state index contributed by atoms with van der Waals surface area (Å²) in [7, 11) is 0. The van der Waals surface area contributed by atoms with Crippen LogP contribution in [-0.4, -0.2) is 33.4 Å². The van der Waals surface area contributed by atoms with Gasteiger partial charge in [-0.3, -0.25) is 4.79 Å². The van der Waals surface area contributed by atoms with Gasteiger partial charge in [-0.25, -0.2) is 0 Å². The van der Waals surface area contributed by atoms with Crippen LogP contribution < -0.4 is 5.32 Å². The molecular weight excluding hydrogens is 309 g/mol. The predicted molar refractivity (Wildman–Crippen MR) is 76.3 cm³/mol. The zero-order valence-corrected chi connectivity index (χ0v) is 12.4. The maximum atomic E-state index is 13.6. The standard InChI is InChI=1S/C16H17F3N2O2/c17-16(18,19)15(23)12-7-3-4-8-14(12)20-11-6-2-1-5-10(11)9-21(14)13(15)22/h1-2,5-6,12,20,23H,3-4,7-9H2/t12-,14+,15+/m1/s1. The molecule has 0 aromatic heterocycles. The van der Waals surface area contributed by atoms with Gasteiger partial charge in [-0.05, 0) is 30.9 Å². The van der Waals surface area contributed by atoms with E-state index in [4.69, 9.17) is 0 Å². The van der Waals surface area contributed by atoms with E-state index in [2.05, 4.69) is 5.32 Å². The van der Waals surface area contributed by atoms with Crippen molar-refractivity contribution < 1.29 is 23.1 Å². The minimum Gasteiger partial charge on any atom is -0.372 e. The molecular formula is C16H17F3N2O2. The molecule has 7 heteroatoms. The highest BCUT2D eigenvalue weighted by molar-refractivity contribution is 5.91. The molecule has 1 saturated carbocycles. The third kappa shape index (κ3) is 1.68. The number of fused-ring (bicyclic) bond motifs is 1. The van der Waals surface area contributed by atoms with Gasteiger partial charge in [0.05, 0.1) is 6.54 Å². The number of anilines is 1. The second-order valence-electron chi connectivity index (χ2n) is 6.66. The van der Waals surface area contributed by atoms with Gasteiger partial charge >= 0.3 is 6.18 Å². The fourth-order valence-electron chi connectivity index (χ4n) is 4.50. The summed E-state index contributed by atoms with van der Waals surface area (Å²) in [5.74, 6) is -2.41. The quantitative estimate of drug-likeness (QED) is 0.771. The molecule has 23 heavy (non-hydrogen) atoms. The van der Waals surface area contributed by atoms with Crippen molar-refractivity contribution >= 4 is 11.6 Å². The Morgan fingerprint density at radius 2 is 2.00 bits per heavy atom. The second kappa shape index (κ2) is 4.41. The number of nitrogens with one attached hydrogen (secondary N) is 1. The number of nitrogens with zero attached hydrogens (tertiary/aromatic N) is 1. The molecule has 4 nitrogen and oxygen atoms in total. The van der Waals surface area contributed by atoms with Crippen LogP contribution in [0.25, 0.3) is 0 Å². The van der Waals surface area contributed by atoms with Gasteiger partial charge in [0, 0.05) is 11.6 Å². The summed E-state index contributed by atoms with van der Waals surface area (Å²) in [5, 5.41) is 13.6. The van der Waals surface area contributed by atoms with Crippen LogP contribution in [0.15, 0.2) is 24.3 Å². The lowest BCUT2D eigenvalue weighted by Crippen LogP contribution is -2.60. The van der Waals surface area contributed by atoms with Gasteiger partial charge in [0.25, 0.3) is 5.91 Å². The molecule has 0 radical (unpaired) electrons. The minimum atomic E-state index is -4.98. The van der Waals surface area contributed by atoms with Crippen LogP contribution in [0.1, 0.15) is 31.2 Å². The number of halogens is 3. The molecule has 124 valence electrons. The number of amides is 1. The first-order valence-electron chi connectivity index (χ1n) is 7.78. The Hall–Kier alpha value is -1.76. The smallest absolute Gasteiger partial charge is 0.372 e. The maximum absolute atomic E-state index is 13.6. The van der Waals surface area contributed by atoms with Gasteiger partial charge in [0.2, 0.25) is 5.60 Å². The Morgan fingerprint density at radius 1 is 1.26 bits per heavy atom. The number of carbonyl (C=O) groups excluding carboxylic acids is 1. The molecule has 1 spiro atoms. The van der Waals surface area contributed by atoms with E-state index in [9.17, 15) is 23.1 Å². The van der Waals surface area contributed by atoms with Crippen molar-refractivity contribution in [1.29, 1.82) is 0 Å². The van der Waals surface area contributed by atoms with E-state index < -0.39 is 29.3 Å². The Morgan fingerprint density at radius 3 is 2.74 bits per heavy atom. The first-order valence-corrected chi connectivity index (χ1v) is 7.78. The highest BCUT2D eigenvalue weighted by Crippen LogP contribution is 2.57. The van der Waals surface area contributed by atoms with Crippen molar-refractivity contribution in [3.05, 3.63) is 29.8 Å². The summed E-state index contributed by atoms with van der Waals surface area (Å²) in [4.78, 5) is 13.8. The molecule has 2 heterocycles. The third-order valence-corrected chi connectivity index (χ3v) is 5.56. The van der Waals surface area contributed by atoms with Crippen molar-refractivity contribution in [3.63, 3.8) is 0 Å². The average molecular weight is 326 g/mol. The van der Waals surface area contributed by atoms with E-state index in [1.165, 1.54) is 4.90 Å². The zero-order valence-electron chi connectivity index (χ0n) is 12.4. The summed E-state index contributed by atoms with van der Waals surface area (Å²) >= 11 is 0. The normalized spacial score (nSPS) is 36.1. The van der Waals surface area contributed by atoms with E-state index >= 15 is 0 Å². The van der Waals surface area contributed by atoms with Crippen LogP contribution in [0.4, 0.5) is 18.9 Å². The van der Waals surface area contributed by atoms with Crippen molar-refractivity contribution in [2.45, 2.75) is 49.7 Å². The highest BCUT2D eigenvalue weighted by Gasteiger charge is 2.77. The van der Waals surface area contributed by atoms with Crippen LogP contribution in [0.5, 0.6) is 0 Å². The lowest BCUT2D eigenvalue weighted by Gasteiger charge is -2.49. The van der Waals surface area contributed by atoms with Gasteiger partial charge in [-0.15, -0.1) is 0 Å². The van der Waals surface area contributed by atoms with Gasteiger partial charge in [-0.1, -0.05) is 24.6 Å². The Bertz CT molecular complexity index is 678. The highest BCUT2D eigenvalue weighted by atomic mass is 19.4. The number of alkyl halides is 3. The molecule has 2 aliphatic heterocycles. The van der Waals surface area contributed by atoms with Crippen LogP contribution in [0.2, 0.25) is 0 Å². The first-order chi connectivity index (χ1) is 10.8. The summed E-state index contributed by atoms with van der Waals surface area (Å²) in [6.07, 6.45) is -3.09. The molecule has 2 N–H and O–H groups in total. The van der Waals surface area contributed by atoms with Crippen molar-refractivity contribution in [2.75, 3.05) is 5.32 Å². The number of aliphatic hydroxyl groups is 1. The number of para-hydroxylation sites is 1. The number of carbonyl (C=O) groups is 1. The molecule has 1 aromatic carbocycles. The Balaban J connectivity index is 1.88. The summed E-state index contributed by atoms with van der Waals surface area (Å²) < 4.78 is 40.8. The fourth-order valence-corrected chi connectivity index (χ4v) is 4.50. The van der Waals surface area contributed by atoms with Gasteiger partial charge < -0.3 is 15.3 Å². The van der Waals surface area contributed by atoms with Crippen molar-refractivity contribution in [1.82, 2.24) is 4.90 Å². The van der Waals surface area contributed by atoms with E-state index in [-0.39, 0.29) is 13.0 Å². The second-order valence-corrected chi connectivity index (χ2v) is 6.66. The maximum Gasteiger partial charge on any atom is 0.426 e. The molecule has 1 amide bonds. The number of benzene rings is 1. The van der Waals surface area contributed by atoms with Crippen LogP contribution >= 0.6 is 0 Å².